The van der Waals surface area contributed by atoms with Crippen molar-refractivity contribution in [3.05, 3.63) is 29.2 Å². The minimum absolute atomic E-state index is 0.313. The first-order valence-electron chi connectivity index (χ1n) is 7.26. The molecule has 1 aliphatic heterocycles. The van der Waals surface area contributed by atoms with Crippen LogP contribution in [0.5, 0.6) is 5.75 Å². The quantitative estimate of drug-likeness (QED) is 0.867. The summed E-state index contributed by atoms with van der Waals surface area (Å²) < 4.78 is 16.6. The van der Waals surface area contributed by atoms with E-state index < -0.39 is 0 Å². The summed E-state index contributed by atoms with van der Waals surface area (Å²) in [5.41, 5.74) is 3.14. The van der Waals surface area contributed by atoms with Gasteiger partial charge in [0.25, 0.3) is 0 Å². The first-order valence-corrected chi connectivity index (χ1v) is 7.26. The molecule has 0 radical (unpaired) electrons. The van der Waals surface area contributed by atoms with Gasteiger partial charge in [0, 0.05) is 24.7 Å². The summed E-state index contributed by atoms with van der Waals surface area (Å²) in [7, 11) is 1.67. The fourth-order valence-electron chi connectivity index (χ4n) is 2.74. The van der Waals surface area contributed by atoms with Crippen LogP contribution in [0.4, 0.5) is 0 Å². The zero-order chi connectivity index (χ0) is 14.8. The molecule has 5 heteroatoms. The molecule has 112 valence electrons. The number of methoxy groups -OCH3 is 1. The van der Waals surface area contributed by atoms with Crippen LogP contribution in [0.25, 0.3) is 11.5 Å². The molecule has 3 rings (SSSR count). The minimum atomic E-state index is 0.313. The largest absolute Gasteiger partial charge is 0.496 e. The highest BCUT2D eigenvalue weighted by atomic mass is 16.5. The van der Waals surface area contributed by atoms with Gasteiger partial charge >= 0.3 is 0 Å². The van der Waals surface area contributed by atoms with Crippen LogP contribution in [0.1, 0.15) is 35.8 Å². The van der Waals surface area contributed by atoms with Gasteiger partial charge in [-0.2, -0.15) is 0 Å². The summed E-state index contributed by atoms with van der Waals surface area (Å²) in [4.78, 5) is 0. The molecular formula is C16H20N2O3. The summed E-state index contributed by atoms with van der Waals surface area (Å²) in [6.07, 6.45) is 1.88. The smallest absolute Gasteiger partial charge is 0.248 e. The van der Waals surface area contributed by atoms with Gasteiger partial charge in [0.05, 0.1) is 7.11 Å². The van der Waals surface area contributed by atoms with Crippen LogP contribution in [0.2, 0.25) is 0 Å². The molecule has 0 atom stereocenters. The molecule has 2 aromatic rings. The van der Waals surface area contributed by atoms with Crippen molar-refractivity contribution >= 4 is 0 Å². The Hall–Kier alpha value is -1.88. The number of aromatic nitrogens is 2. The van der Waals surface area contributed by atoms with Crippen molar-refractivity contribution in [3.63, 3.8) is 0 Å². The average Bonchev–Trinajstić information content (AvgIpc) is 2.98. The second-order valence-corrected chi connectivity index (χ2v) is 5.47. The maximum absolute atomic E-state index is 5.90. The first-order chi connectivity index (χ1) is 10.2. The van der Waals surface area contributed by atoms with Crippen LogP contribution in [0.15, 0.2) is 16.5 Å². The van der Waals surface area contributed by atoms with E-state index in [1.54, 1.807) is 7.11 Å². The highest BCUT2D eigenvalue weighted by Crippen LogP contribution is 2.32. The standard InChI is InChI=1S/C16H20N2O3/c1-10-8-11(2)14(19-3)9-13(10)16-18-17-15(21-16)12-4-6-20-7-5-12/h8-9,12H,4-7H2,1-3H3. The SMILES string of the molecule is COc1cc(-c2nnc(C3CCOCC3)o2)c(C)cc1C. The number of ether oxygens (including phenoxy) is 2. The predicted molar refractivity (Wildman–Crippen MR) is 78.6 cm³/mol. The van der Waals surface area contributed by atoms with Crippen molar-refractivity contribution in [1.29, 1.82) is 0 Å². The highest BCUT2D eigenvalue weighted by molar-refractivity contribution is 5.62. The van der Waals surface area contributed by atoms with E-state index in [0.717, 1.165) is 48.5 Å². The Bertz CT molecular complexity index is 630. The summed E-state index contributed by atoms with van der Waals surface area (Å²) in [5.74, 6) is 2.42. The van der Waals surface area contributed by atoms with Crippen molar-refractivity contribution in [1.82, 2.24) is 10.2 Å². The molecule has 0 saturated carbocycles. The summed E-state index contributed by atoms with van der Waals surface area (Å²) in [5, 5.41) is 8.44. The maximum atomic E-state index is 5.90. The Labute approximate surface area is 124 Å². The fraction of sp³-hybridized carbons (Fsp3) is 0.500. The monoisotopic (exact) mass is 288 g/mol. The molecule has 5 nitrogen and oxygen atoms in total. The summed E-state index contributed by atoms with van der Waals surface area (Å²) in [6, 6.07) is 4.04. The highest BCUT2D eigenvalue weighted by Gasteiger charge is 2.22. The molecule has 0 bridgehead atoms. The van der Waals surface area contributed by atoms with Crippen molar-refractivity contribution < 1.29 is 13.9 Å². The molecular weight excluding hydrogens is 268 g/mol. The maximum Gasteiger partial charge on any atom is 0.248 e. The molecule has 1 aliphatic rings. The molecule has 0 N–H and O–H groups in total. The molecule has 2 heterocycles. The van der Waals surface area contributed by atoms with Crippen molar-refractivity contribution in [3.8, 4) is 17.2 Å². The van der Waals surface area contributed by atoms with E-state index in [-0.39, 0.29) is 0 Å². The van der Waals surface area contributed by atoms with Crippen molar-refractivity contribution in [2.24, 2.45) is 0 Å². The molecule has 1 saturated heterocycles. The molecule has 1 fully saturated rings. The van der Waals surface area contributed by atoms with E-state index in [0.29, 0.717) is 17.7 Å². The molecule has 0 spiro atoms. The van der Waals surface area contributed by atoms with Crippen LogP contribution >= 0.6 is 0 Å². The van der Waals surface area contributed by atoms with Crippen molar-refractivity contribution in [2.75, 3.05) is 20.3 Å². The second-order valence-electron chi connectivity index (χ2n) is 5.47. The van der Waals surface area contributed by atoms with Gasteiger partial charge in [-0.15, -0.1) is 10.2 Å². The first kappa shape index (κ1) is 14.1. The second kappa shape index (κ2) is 5.85. The van der Waals surface area contributed by atoms with Crippen molar-refractivity contribution in [2.45, 2.75) is 32.6 Å². The van der Waals surface area contributed by atoms with E-state index in [9.17, 15) is 0 Å². The summed E-state index contributed by atoms with van der Waals surface area (Å²) in [6.45, 7) is 5.59. The molecule has 0 amide bonds. The fourth-order valence-corrected chi connectivity index (χ4v) is 2.74. The zero-order valence-electron chi connectivity index (χ0n) is 12.7. The van der Waals surface area contributed by atoms with Crippen LogP contribution in [-0.2, 0) is 4.74 Å². The molecule has 0 aliphatic carbocycles. The summed E-state index contributed by atoms with van der Waals surface area (Å²) >= 11 is 0. The van der Waals surface area contributed by atoms with Crippen LogP contribution in [0, 0.1) is 13.8 Å². The van der Waals surface area contributed by atoms with Gasteiger partial charge < -0.3 is 13.9 Å². The Kier molecular flexibility index (Phi) is 3.92. The van der Waals surface area contributed by atoms with Crippen LogP contribution in [-0.4, -0.2) is 30.5 Å². The van der Waals surface area contributed by atoms with Crippen LogP contribution < -0.4 is 4.74 Å². The number of hydrogen-bond donors (Lipinski definition) is 0. The lowest BCUT2D eigenvalue weighted by Crippen LogP contribution is -2.14. The molecule has 0 unspecified atom stereocenters. The van der Waals surface area contributed by atoms with E-state index in [1.165, 1.54) is 0 Å². The third-order valence-electron chi connectivity index (χ3n) is 3.98. The normalized spacial score (nSPS) is 16.1. The van der Waals surface area contributed by atoms with E-state index in [2.05, 4.69) is 16.3 Å². The van der Waals surface area contributed by atoms with Gasteiger partial charge in [0.15, 0.2) is 0 Å². The number of nitrogens with zero attached hydrogens (tertiary/aromatic N) is 2. The number of rotatable bonds is 3. The van der Waals surface area contributed by atoms with Gasteiger partial charge in [-0.05, 0) is 43.9 Å². The van der Waals surface area contributed by atoms with Gasteiger partial charge in [0.1, 0.15) is 5.75 Å². The number of hydrogen-bond acceptors (Lipinski definition) is 5. The Morgan fingerprint density at radius 2 is 1.86 bits per heavy atom. The number of aryl methyl sites for hydroxylation is 2. The minimum Gasteiger partial charge on any atom is -0.496 e. The molecule has 1 aromatic heterocycles. The topological polar surface area (TPSA) is 57.4 Å². The van der Waals surface area contributed by atoms with E-state index in [1.807, 2.05) is 19.9 Å². The zero-order valence-corrected chi connectivity index (χ0v) is 12.7. The van der Waals surface area contributed by atoms with Crippen LogP contribution in [0.3, 0.4) is 0 Å². The number of benzene rings is 1. The Morgan fingerprint density at radius 3 is 2.57 bits per heavy atom. The lowest BCUT2D eigenvalue weighted by molar-refractivity contribution is 0.0795. The third kappa shape index (κ3) is 2.78. The molecule has 1 aromatic carbocycles. The Balaban J connectivity index is 1.92. The van der Waals surface area contributed by atoms with Gasteiger partial charge in [0.2, 0.25) is 11.8 Å². The predicted octanol–water partition coefficient (Wildman–Crippen LogP) is 3.26. The third-order valence-corrected chi connectivity index (χ3v) is 3.98. The lowest BCUT2D eigenvalue weighted by atomic mass is 10.0. The van der Waals surface area contributed by atoms with Gasteiger partial charge in [-0.1, -0.05) is 6.07 Å². The van der Waals surface area contributed by atoms with E-state index >= 15 is 0 Å². The molecule has 21 heavy (non-hydrogen) atoms. The lowest BCUT2D eigenvalue weighted by Gasteiger charge is -2.18. The average molecular weight is 288 g/mol. The van der Waals surface area contributed by atoms with E-state index in [4.69, 9.17) is 13.9 Å². The van der Waals surface area contributed by atoms with Gasteiger partial charge in [-0.3, -0.25) is 0 Å². The van der Waals surface area contributed by atoms with Gasteiger partial charge in [-0.25, -0.2) is 0 Å². The Morgan fingerprint density at radius 1 is 1.10 bits per heavy atom.